The molecule has 0 saturated carbocycles. The maximum absolute atomic E-state index is 10.9. The second kappa shape index (κ2) is 4.42. The van der Waals surface area contributed by atoms with Gasteiger partial charge in [-0.05, 0) is 51.8 Å². The number of thiophene rings is 1. The number of aromatic carboxylic acids is 1. The zero-order valence-corrected chi connectivity index (χ0v) is 11.4. The Balaban J connectivity index is 2.16. The van der Waals surface area contributed by atoms with Crippen molar-refractivity contribution < 1.29 is 9.90 Å². The summed E-state index contributed by atoms with van der Waals surface area (Å²) in [5, 5.41) is 8.98. The highest BCUT2D eigenvalue weighted by Crippen LogP contribution is 2.32. The van der Waals surface area contributed by atoms with E-state index in [1.54, 1.807) is 0 Å². The van der Waals surface area contributed by atoms with E-state index in [2.05, 4.69) is 18.7 Å². The summed E-state index contributed by atoms with van der Waals surface area (Å²) in [6, 6.07) is 1.83. The molecule has 1 aliphatic rings. The van der Waals surface area contributed by atoms with Crippen LogP contribution in [0.25, 0.3) is 0 Å². The smallest absolute Gasteiger partial charge is 0.345 e. The van der Waals surface area contributed by atoms with Gasteiger partial charge in [0.15, 0.2) is 0 Å². The summed E-state index contributed by atoms with van der Waals surface area (Å²) in [6.45, 7) is 8.53. The van der Waals surface area contributed by atoms with Crippen LogP contribution >= 0.6 is 11.3 Å². The van der Waals surface area contributed by atoms with Crippen molar-refractivity contribution in [1.82, 2.24) is 4.90 Å². The van der Waals surface area contributed by atoms with Crippen molar-refractivity contribution in [3.05, 3.63) is 21.4 Å². The average molecular weight is 253 g/mol. The Bertz CT molecular complexity index is 437. The second-order valence-electron chi connectivity index (χ2n) is 5.33. The minimum absolute atomic E-state index is 0.248. The number of carboxylic acids is 1. The maximum Gasteiger partial charge on any atom is 0.345 e. The van der Waals surface area contributed by atoms with Gasteiger partial charge in [-0.1, -0.05) is 0 Å². The van der Waals surface area contributed by atoms with Gasteiger partial charge < -0.3 is 5.11 Å². The first-order valence-corrected chi connectivity index (χ1v) is 6.79. The van der Waals surface area contributed by atoms with E-state index < -0.39 is 5.97 Å². The van der Waals surface area contributed by atoms with Crippen LogP contribution in [0.3, 0.4) is 0 Å². The number of hydrogen-bond acceptors (Lipinski definition) is 3. The summed E-state index contributed by atoms with van der Waals surface area (Å²) in [4.78, 5) is 15.0. The second-order valence-corrected chi connectivity index (χ2v) is 6.59. The minimum Gasteiger partial charge on any atom is -0.477 e. The summed E-state index contributed by atoms with van der Waals surface area (Å²) in [7, 11) is 0. The van der Waals surface area contributed by atoms with Crippen LogP contribution in [-0.2, 0) is 6.54 Å². The number of rotatable bonds is 3. The fourth-order valence-corrected chi connectivity index (χ4v) is 3.32. The molecule has 1 saturated heterocycles. The van der Waals surface area contributed by atoms with Gasteiger partial charge in [0.2, 0.25) is 0 Å². The number of carboxylic acid groups (broad SMARTS) is 1. The minimum atomic E-state index is -0.815. The Morgan fingerprint density at radius 2 is 2.29 bits per heavy atom. The standard InChI is InChI=1S/C13H19NO2S/c1-9-10(7-11(17-9)12(15)16)8-14-6-4-5-13(14,2)3/h7H,4-6,8H2,1-3H3,(H,15,16). The van der Waals surface area contributed by atoms with Gasteiger partial charge in [0, 0.05) is 17.0 Å². The largest absolute Gasteiger partial charge is 0.477 e. The van der Waals surface area contributed by atoms with Crippen molar-refractivity contribution >= 4 is 17.3 Å². The van der Waals surface area contributed by atoms with Crippen LogP contribution in [0.2, 0.25) is 0 Å². The molecule has 1 aromatic heterocycles. The van der Waals surface area contributed by atoms with Crippen LogP contribution in [0.15, 0.2) is 6.07 Å². The molecule has 0 bridgehead atoms. The van der Waals surface area contributed by atoms with Crippen molar-refractivity contribution in [2.45, 2.75) is 45.7 Å². The molecule has 0 aliphatic carbocycles. The number of aryl methyl sites for hydroxylation is 1. The van der Waals surface area contributed by atoms with E-state index in [4.69, 9.17) is 5.11 Å². The third kappa shape index (κ3) is 2.53. The molecule has 2 rings (SSSR count). The maximum atomic E-state index is 10.9. The molecule has 94 valence electrons. The molecule has 1 aliphatic heterocycles. The molecule has 0 spiro atoms. The van der Waals surface area contributed by atoms with Crippen molar-refractivity contribution in [2.24, 2.45) is 0 Å². The van der Waals surface area contributed by atoms with E-state index in [0.717, 1.165) is 18.0 Å². The van der Waals surface area contributed by atoms with Crippen molar-refractivity contribution in [3.63, 3.8) is 0 Å². The first-order valence-electron chi connectivity index (χ1n) is 5.98. The Labute approximate surface area is 106 Å². The van der Waals surface area contributed by atoms with Gasteiger partial charge in [0.25, 0.3) is 0 Å². The summed E-state index contributed by atoms with van der Waals surface area (Å²) < 4.78 is 0. The van der Waals surface area contributed by atoms with Crippen molar-refractivity contribution in [3.8, 4) is 0 Å². The zero-order valence-electron chi connectivity index (χ0n) is 10.6. The van der Waals surface area contributed by atoms with Crippen LogP contribution < -0.4 is 0 Å². The van der Waals surface area contributed by atoms with E-state index in [0.29, 0.717) is 4.88 Å². The van der Waals surface area contributed by atoms with Gasteiger partial charge in [-0.3, -0.25) is 4.90 Å². The Kier molecular flexibility index (Phi) is 3.27. The number of nitrogens with zero attached hydrogens (tertiary/aromatic N) is 1. The van der Waals surface area contributed by atoms with Gasteiger partial charge in [-0.2, -0.15) is 0 Å². The summed E-state index contributed by atoms with van der Waals surface area (Å²) >= 11 is 1.38. The highest BCUT2D eigenvalue weighted by atomic mass is 32.1. The Morgan fingerprint density at radius 1 is 1.59 bits per heavy atom. The van der Waals surface area contributed by atoms with E-state index in [-0.39, 0.29) is 5.54 Å². The highest BCUT2D eigenvalue weighted by Gasteiger charge is 2.32. The summed E-state index contributed by atoms with van der Waals surface area (Å²) in [6.07, 6.45) is 2.46. The SMILES string of the molecule is Cc1sc(C(=O)O)cc1CN1CCCC1(C)C. The molecule has 1 N–H and O–H groups in total. The average Bonchev–Trinajstić information content (AvgIpc) is 2.73. The molecule has 0 aromatic carbocycles. The van der Waals surface area contributed by atoms with Crippen LogP contribution in [0.4, 0.5) is 0 Å². The third-order valence-corrected chi connectivity index (χ3v) is 4.75. The van der Waals surface area contributed by atoms with Crippen LogP contribution in [-0.4, -0.2) is 28.1 Å². The molecular weight excluding hydrogens is 234 g/mol. The molecular formula is C13H19NO2S. The number of likely N-dealkylation sites (tertiary alicyclic amines) is 1. The lowest BCUT2D eigenvalue weighted by atomic mass is 10.0. The quantitative estimate of drug-likeness (QED) is 0.899. The Morgan fingerprint density at radius 3 is 2.76 bits per heavy atom. The van der Waals surface area contributed by atoms with E-state index >= 15 is 0 Å². The van der Waals surface area contributed by atoms with Crippen molar-refractivity contribution in [1.29, 1.82) is 0 Å². The van der Waals surface area contributed by atoms with Crippen LogP contribution in [0.5, 0.6) is 0 Å². The van der Waals surface area contributed by atoms with Crippen molar-refractivity contribution in [2.75, 3.05) is 6.54 Å². The molecule has 0 atom stereocenters. The molecule has 1 aromatic rings. The first-order chi connectivity index (χ1) is 7.90. The predicted molar refractivity (Wildman–Crippen MR) is 69.7 cm³/mol. The van der Waals surface area contributed by atoms with Gasteiger partial charge >= 0.3 is 5.97 Å². The predicted octanol–water partition coefficient (Wildman–Crippen LogP) is 3.13. The number of carbonyl (C=O) groups is 1. The first kappa shape index (κ1) is 12.6. The normalized spacial score (nSPS) is 19.7. The fourth-order valence-electron chi connectivity index (χ4n) is 2.44. The lowest BCUT2D eigenvalue weighted by Crippen LogP contribution is -2.37. The van der Waals surface area contributed by atoms with Gasteiger partial charge in [0.05, 0.1) is 0 Å². The Hall–Kier alpha value is -0.870. The van der Waals surface area contributed by atoms with Crippen LogP contribution in [0, 0.1) is 6.92 Å². The highest BCUT2D eigenvalue weighted by molar-refractivity contribution is 7.14. The molecule has 0 amide bonds. The number of hydrogen-bond donors (Lipinski definition) is 1. The zero-order chi connectivity index (χ0) is 12.6. The van der Waals surface area contributed by atoms with E-state index in [1.807, 2.05) is 13.0 Å². The lowest BCUT2D eigenvalue weighted by molar-refractivity contribution is 0.0702. The molecule has 2 heterocycles. The summed E-state index contributed by atoms with van der Waals surface area (Å²) in [5.41, 5.74) is 1.42. The van der Waals surface area contributed by atoms with E-state index in [1.165, 1.54) is 29.7 Å². The van der Waals surface area contributed by atoms with Gasteiger partial charge in [-0.15, -0.1) is 11.3 Å². The van der Waals surface area contributed by atoms with Gasteiger partial charge in [-0.25, -0.2) is 4.79 Å². The lowest BCUT2D eigenvalue weighted by Gasteiger charge is -2.31. The molecule has 0 radical (unpaired) electrons. The van der Waals surface area contributed by atoms with Crippen LogP contribution in [0.1, 0.15) is 46.8 Å². The topological polar surface area (TPSA) is 40.5 Å². The molecule has 3 nitrogen and oxygen atoms in total. The van der Waals surface area contributed by atoms with E-state index in [9.17, 15) is 4.79 Å². The summed E-state index contributed by atoms with van der Waals surface area (Å²) in [5.74, 6) is -0.815. The monoisotopic (exact) mass is 253 g/mol. The molecule has 17 heavy (non-hydrogen) atoms. The third-order valence-electron chi connectivity index (χ3n) is 3.67. The molecule has 4 heteroatoms. The fraction of sp³-hybridized carbons (Fsp3) is 0.615. The molecule has 1 fully saturated rings. The molecule has 0 unspecified atom stereocenters. The van der Waals surface area contributed by atoms with Gasteiger partial charge in [0.1, 0.15) is 4.88 Å².